The van der Waals surface area contributed by atoms with E-state index < -0.39 is 0 Å². The van der Waals surface area contributed by atoms with Gasteiger partial charge in [-0.1, -0.05) is 51.1 Å². The molecule has 0 heterocycles. The van der Waals surface area contributed by atoms with E-state index in [4.69, 9.17) is 0 Å². The van der Waals surface area contributed by atoms with Gasteiger partial charge < -0.3 is 0 Å². The highest BCUT2D eigenvalue weighted by molar-refractivity contribution is 5.47. The molecule has 0 N–H and O–H groups in total. The minimum absolute atomic E-state index is 0.260. The fourth-order valence-corrected chi connectivity index (χ4v) is 2.29. The molecule has 1 aromatic rings. The van der Waals surface area contributed by atoms with Gasteiger partial charge in [-0.25, -0.2) is 0 Å². The maximum atomic E-state index is 4.09. The first kappa shape index (κ1) is 9.51. The quantitative estimate of drug-likeness (QED) is 0.543. The van der Waals surface area contributed by atoms with Crippen molar-refractivity contribution in [3.05, 3.63) is 47.0 Å². The number of benzene rings is 1. The molecule has 0 saturated heterocycles. The second kappa shape index (κ2) is 2.98. The normalized spacial score (nSPS) is 15.8. The third-order valence-electron chi connectivity index (χ3n) is 2.95. The minimum atomic E-state index is 0.260. The summed E-state index contributed by atoms with van der Waals surface area (Å²) in [7, 11) is 0. The Balaban J connectivity index is 2.55. The van der Waals surface area contributed by atoms with E-state index in [0.717, 1.165) is 12.8 Å². The maximum absolute atomic E-state index is 4.09. The smallest absolute Gasteiger partial charge is 0.00607 e. The Kier molecular flexibility index (Phi) is 2.02. The molecule has 0 radical (unpaired) electrons. The van der Waals surface area contributed by atoms with Gasteiger partial charge in [-0.15, -0.1) is 0 Å². The highest BCUT2D eigenvalue weighted by atomic mass is 14.3. The zero-order chi connectivity index (χ0) is 10.3. The monoisotopic (exact) mass is 186 g/mol. The van der Waals surface area contributed by atoms with Gasteiger partial charge >= 0.3 is 0 Å². The summed E-state index contributed by atoms with van der Waals surface area (Å²) in [6.45, 7) is 10.9. The van der Waals surface area contributed by atoms with E-state index >= 15 is 0 Å². The summed E-state index contributed by atoms with van der Waals surface area (Å²) in [4.78, 5) is 0. The molecule has 0 aliphatic heterocycles. The highest BCUT2D eigenvalue weighted by Gasteiger charge is 2.23. The Morgan fingerprint density at radius 1 is 1.14 bits per heavy atom. The van der Waals surface area contributed by atoms with Gasteiger partial charge in [-0.05, 0) is 34.9 Å². The van der Waals surface area contributed by atoms with Crippen molar-refractivity contribution in [3.63, 3.8) is 0 Å². The molecule has 0 amide bonds. The minimum Gasteiger partial charge on any atom is -0.0992 e. The first-order chi connectivity index (χ1) is 6.48. The zero-order valence-corrected chi connectivity index (χ0v) is 9.35. The Labute approximate surface area is 86.7 Å². The van der Waals surface area contributed by atoms with E-state index in [1.165, 1.54) is 22.3 Å². The Morgan fingerprint density at radius 2 is 1.86 bits per heavy atom. The predicted octanol–water partition coefficient (Wildman–Crippen LogP) is 3.64. The largest absolute Gasteiger partial charge is 0.0992 e. The van der Waals surface area contributed by atoms with Crippen LogP contribution in [0.2, 0.25) is 0 Å². The number of hydrogen-bond donors (Lipinski definition) is 0. The fraction of sp³-hybridized carbons (Fsp3) is 0.429. The van der Waals surface area contributed by atoms with Crippen LogP contribution in [0.15, 0.2) is 30.4 Å². The summed E-state index contributed by atoms with van der Waals surface area (Å²) in [5.74, 6) is 0. The average Bonchev–Trinajstić information content (AvgIpc) is 2.41. The van der Waals surface area contributed by atoms with Gasteiger partial charge in [0.25, 0.3) is 0 Å². The summed E-state index contributed by atoms with van der Waals surface area (Å²) in [6.07, 6.45) is 2.17. The molecule has 0 aromatic heterocycles. The summed E-state index contributed by atoms with van der Waals surface area (Å²) in [6, 6.07) is 6.68. The van der Waals surface area contributed by atoms with Crippen LogP contribution < -0.4 is 0 Å². The molecular formula is C14H18. The van der Waals surface area contributed by atoms with Gasteiger partial charge in [0.15, 0.2) is 0 Å². The molecule has 14 heavy (non-hydrogen) atoms. The van der Waals surface area contributed by atoms with Gasteiger partial charge in [-0.3, -0.25) is 0 Å². The van der Waals surface area contributed by atoms with Crippen molar-refractivity contribution < 1.29 is 0 Å². The molecule has 0 nitrogen and oxygen atoms in total. The molecule has 0 atom stereocenters. The highest BCUT2D eigenvalue weighted by Crippen LogP contribution is 2.34. The summed E-state index contributed by atoms with van der Waals surface area (Å²) in [5.41, 5.74) is 6.13. The number of fused-ring (bicyclic) bond motifs is 1. The van der Waals surface area contributed by atoms with E-state index in [9.17, 15) is 0 Å². The van der Waals surface area contributed by atoms with Crippen LogP contribution in [0, 0.1) is 0 Å². The number of allylic oxidation sites excluding steroid dienone is 1. The standard InChI is InChI=1S/C14H18/c1-10-8-11-6-5-7-13(12(11)9-10)14(2,3)4/h5-7H,1,8-9H2,2-4H3. The maximum Gasteiger partial charge on any atom is -0.00607 e. The van der Waals surface area contributed by atoms with Crippen LogP contribution in [0.5, 0.6) is 0 Å². The number of rotatable bonds is 0. The van der Waals surface area contributed by atoms with Crippen molar-refractivity contribution in [2.45, 2.75) is 39.0 Å². The molecule has 74 valence electrons. The van der Waals surface area contributed by atoms with Gasteiger partial charge in [0.05, 0.1) is 0 Å². The Hall–Kier alpha value is -1.04. The van der Waals surface area contributed by atoms with Crippen LogP contribution in [0.3, 0.4) is 0 Å². The van der Waals surface area contributed by atoms with Crippen molar-refractivity contribution in [2.24, 2.45) is 0 Å². The van der Waals surface area contributed by atoms with Crippen LogP contribution in [0.1, 0.15) is 37.5 Å². The lowest BCUT2D eigenvalue weighted by atomic mass is 9.82. The Bertz CT molecular complexity index is 378. The summed E-state index contributed by atoms with van der Waals surface area (Å²) < 4.78 is 0. The fourth-order valence-electron chi connectivity index (χ4n) is 2.29. The molecule has 0 unspecified atom stereocenters. The van der Waals surface area contributed by atoms with E-state index in [2.05, 4.69) is 45.5 Å². The first-order valence-corrected chi connectivity index (χ1v) is 5.26. The molecule has 0 heteroatoms. The molecule has 2 rings (SSSR count). The van der Waals surface area contributed by atoms with Crippen LogP contribution in [0.4, 0.5) is 0 Å². The second-order valence-corrected chi connectivity index (χ2v) is 5.30. The molecular weight excluding hydrogens is 168 g/mol. The third kappa shape index (κ3) is 1.50. The second-order valence-electron chi connectivity index (χ2n) is 5.30. The molecule has 1 aromatic carbocycles. The lowest BCUT2D eigenvalue weighted by molar-refractivity contribution is 0.584. The van der Waals surface area contributed by atoms with Gasteiger partial charge in [0, 0.05) is 0 Å². The van der Waals surface area contributed by atoms with Crippen molar-refractivity contribution in [1.82, 2.24) is 0 Å². The van der Waals surface area contributed by atoms with E-state index in [0.29, 0.717) is 0 Å². The zero-order valence-electron chi connectivity index (χ0n) is 9.35. The van der Waals surface area contributed by atoms with E-state index in [1.54, 1.807) is 0 Å². The van der Waals surface area contributed by atoms with Crippen molar-refractivity contribution in [3.8, 4) is 0 Å². The third-order valence-corrected chi connectivity index (χ3v) is 2.95. The first-order valence-electron chi connectivity index (χ1n) is 5.26. The number of hydrogen-bond acceptors (Lipinski definition) is 0. The SMILES string of the molecule is C=C1Cc2cccc(C(C)(C)C)c2C1. The van der Waals surface area contributed by atoms with Crippen LogP contribution in [-0.2, 0) is 18.3 Å². The molecule has 0 spiro atoms. The van der Waals surface area contributed by atoms with Crippen LogP contribution in [0.25, 0.3) is 0 Å². The van der Waals surface area contributed by atoms with Gasteiger partial charge in [-0.2, -0.15) is 0 Å². The Morgan fingerprint density at radius 3 is 2.50 bits per heavy atom. The van der Waals surface area contributed by atoms with Crippen molar-refractivity contribution in [1.29, 1.82) is 0 Å². The van der Waals surface area contributed by atoms with Gasteiger partial charge in [0.1, 0.15) is 0 Å². The molecule has 1 aliphatic carbocycles. The lowest BCUT2D eigenvalue weighted by Gasteiger charge is -2.22. The predicted molar refractivity (Wildman–Crippen MR) is 61.7 cm³/mol. The van der Waals surface area contributed by atoms with E-state index in [-0.39, 0.29) is 5.41 Å². The summed E-state index contributed by atoms with van der Waals surface area (Å²) in [5, 5.41) is 0. The van der Waals surface area contributed by atoms with Crippen molar-refractivity contribution in [2.75, 3.05) is 0 Å². The van der Waals surface area contributed by atoms with Crippen LogP contribution >= 0.6 is 0 Å². The van der Waals surface area contributed by atoms with Gasteiger partial charge in [0.2, 0.25) is 0 Å². The van der Waals surface area contributed by atoms with Crippen molar-refractivity contribution >= 4 is 0 Å². The molecule has 0 saturated carbocycles. The topological polar surface area (TPSA) is 0 Å². The molecule has 1 aliphatic rings. The summed E-state index contributed by atoms with van der Waals surface area (Å²) >= 11 is 0. The van der Waals surface area contributed by atoms with Crippen LogP contribution in [-0.4, -0.2) is 0 Å². The lowest BCUT2D eigenvalue weighted by Crippen LogP contribution is -2.13. The van der Waals surface area contributed by atoms with E-state index in [1.807, 2.05) is 0 Å². The molecule has 0 fully saturated rings. The average molecular weight is 186 g/mol. The molecule has 0 bridgehead atoms.